The molecule has 3 heteroatoms. The second kappa shape index (κ2) is 4.60. The van der Waals surface area contributed by atoms with E-state index in [0.717, 1.165) is 25.4 Å². The summed E-state index contributed by atoms with van der Waals surface area (Å²) in [4.78, 5) is 0. The Hall–Kier alpha value is -0.830. The molecule has 1 saturated carbocycles. The van der Waals surface area contributed by atoms with Gasteiger partial charge in [0, 0.05) is 18.7 Å². The third-order valence-electron chi connectivity index (χ3n) is 2.75. The minimum atomic E-state index is 0.778. The average Bonchev–Trinajstić information content (AvgIpc) is 2.94. The molecule has 0 spiro atoms. The van der Waals surface area contributed by atoms with Crippen LogP contribution < -0.4 is 5.73 Å². The van der Waals surface area contributed by atoms with Crippen molar-refractivity contribution < 1.29 is 0 Å². The van der Waals surface area contributed by atoms with E-state index in [-0.39, 0.29) is 0 Å². The number of aromatic nitrogens is 2. The van der Waals surface area contributed by atoms with Gasteiger partial charge in [0.1, 0.15) is 0 Å². The van der Waals surface area contributed by atoms with E-state index in [4.69, 9.17) is 5.73 Å². The zero-order chi connectivity index (χ0) is 9.80. The highest BCUT2D eigenvalue weighted by molar-refractivity contribution is 5.12. The van der Waals surface area contributed by atoms with Gasteiger partial charge in [-0.2, -0.15) is 5.10 Å². The van der Waals surface area contributed by atoms with Gasteiger partial charge < -0.3 is 5.73 Å². The Morgan fingerprint density at radius 1 is 1.36 bits per heavy atom. The molecule has 0 radical (unpaired) electrons. The first-order chi connectivity index (χ1) is 6.90. The van der Waals surface area contributed by atoms with E-state index in [0.29, 0.717) is 0 Å². The maximum atomic E-state index is 5.44. The standard InChI is InChI=1S/C11H19N3/c12-7-2-1-3-8-14-9-6-11(13-14)10-4-5-10/h6,9-10H,1-5,7-8,12H2. The van der Waals surface area contributed by atoms with Crippen LogP contribution in [0.3, 0.4) is 0 Å². The zero-order valence-corrected chi connectivity index (χ0v) is 8.65. The highest BCUT2D eigenvalue weighted by atomic mass is 15.3. The van der Waals surface area contributed by atoms with E-state index in [9.17, 15) is 0 Å². The molecule has 2 rings (SSSR count). The fourth-order valence-corrected chi connectivity index (χ4v) is 1.69. The van der Waals surface area contributed by atoms with Crippen molar-refractivity contribution in [1.82, 2.24) is 9.78 Å². The molecule has 78 valence electrons. The molecule has 0 atom stereocenters. The fraction of sp³-hybridized carbons (Fsp3) is 0.727. The number of nitrogens with two attached hydrogens (primary N) is 1. The third kappa shape index (κ3) is 2.58. The summed E-state index contributed by atoms with van der Waals surface area (Å²) in [6.07, 6.45) is 8.33. The molecule has 1 aliphatic carbocycles. The first kappa shape index (κ1) is 9.71. The molecule has 3 nitrogen and oxygen atoms in total. The van der Waals surface area contributed by atoms with Crippen molar-refractivity contribution >= 4 is 0 Å². The van der Waals surface area contributed by atoms with Crippen molar-refractivity contribution in [2.45, 2.75) is 44.6 Å². The first-order valence-corrected chi connectivity index (χ1v) is 5.63. The van der Waals surface area contributed by atoms with Crippen LogP contribution in [-0.2, 0) is 6.54 Å². The average molecular weight is 193 g/mol. The van der Waals surface area contributed by atoms with Crippen LogP contribution in [0.1, 0.15) is 43.7 Å². The molecule has 0 bridgehead atoms. The van der Waals surface area contributed by atoms with Crippen molar-refractivity contribution in [1.29, 1.82) is 0 Å². The molecule has 1 aromatic heterocycles. The van der Waals surface area contributed by atoms with Gasteiger partial charge in [0.2, 0.25) is 0 Å². The zero-order valence-electron chi connectivity index (χ0n) is 8.65. The molecule has 1 aromatic rings. The predicted octanol–water partition coefficient (Wildman–Crippen LogP) is 1.89. The van der Waals surface area contributed by atoms with Gasteiger partial charge in [-0.1, -0.05) is 6.42 Å². The van der Waals surface area contributed by atoms with Crippen LogP contribution in [0.4, 0.5) is 0 Å². The minimum Gasteiger partial charge on any atom is -0.330 e. The topological polar surface area (TPSA) is 43.8 Å². The van der Waals surface area contributed by atoms with E-state index < -0.39 is 0 Å². The van der Waals surface area contributed by atoms with Crippen LogP contribution in [0.25, 0.3) is 0 Å². The molecular formula is C11H19N3. The summed E-state index contributed by atoms with van der Waals surface area (Å²) in [5, 5.41) is 4.56. The summed E-state index contributed by atoms with van der Waals surface area (Å²) in [6.45, 7) is 1.86. The highest BCUT2D eigenvalue weighted by Crippen LogP contribution is 2.38. The largest absolute Gasteiger partial charge is 0.330 e. The fourth-order valence-electron chi connectivity index (χ4n) is 1.69. The Morgan fingerprint density at radius 3 is 2.93 bits per heavy atom. The number of rotatable bonds is 6. The monoisotopic (exact) mass is 193 g/mol. The SMILES string of the molecule is NCCCCCn1ccc(C2CC2)n1. The molecular weight excluding hydrogens is 174 g/mol. The van der Waals surface area contributed by atoms with Crippen molar-refractivity contribution in [3.63, 3.8) is 0 Å². The molecule has 0 unspecified atom stereocenters. The number of hydrogen-bond donors (Lipinski definition) is 1. The summed E-state index contributed by atoms with van der Waals surface area (Å²) >= 11 is 0. The van der Waals surface area contributed by atoms with Crippen LogP contribution in [0.15, 0.2) is 12.3 Å². The van der Waals surface area contributed by atoms with Gasteiger partial charge in [-0.25, -0.2) is 0 Å². The molecule has 0 amide bonds. The highest BCUT2D eigenvalue weighted by Gasteiger charge is 2.25. The Labute approximate surface area is 85.3 Å². The maximum Gasteiger partial charge on any atom is 0.0655 e. The second-order valence-corrected chi connectivity index (χ2v) is 4.13. The van der Waals surface area contributed by atoms with Gasteiger partial charge in [-0.05, 0) is 38.3 Å². The number of hydrogen-bond acceptors (Lipinski definition) is 2. The summed E-state index contributed by atoms with van der Waals surface area (Å²) in [5.74, 6) is 0.778. The molecule has 2 N–H and O–H groups in total. The van der Waals surface area contributed by atoms with Crippen molar-refractivity contribution in [3.05, 3.63) is 18.0 Å². The number of nitrogens with zero attached hydrogens (tertiary/aromatic N) is 2. The van der Waals surface area contributed by atoms with Gasteiger partial charge in [0.25, 0.3) is 0 Å². The minimum absolute atomic E-state index is 0.778. The lowest BCUT2D eigenvalue weighted by Crippen LogP contribution is -2.02. The van der Waals surface area contributed by atoms with E-state index in [2.05, 4.69) is 22.0 Å². The van der Waals surface area contributed by atoms with Gasteiger partial charge in [-0.15, -0.1) is 0 Å². The van der Waals surface area contributed by atoms with Crippen molar-refractivity contribution in [2.75, 3.05) is 6.54 Å². The summed E-state index contributed by atoms with van der Waals surface area (Å²) < 4.78 is 2.07. The maximum absolute atomic E-state index is 5.44. The molecule has 14 heavy (non-hydrogen) atoms. The van der Waals surface area contributed by atoms with Gasteiger partial charge in [0.05, 0.1) is 5.69 Å². The van der Waals surface area contributed by atoms with E-state index in [1.807, 2.05) is 0 Å². The van der Waals surface area contributed by atoms with Crippen LogP contribution in [0.2, 0.25) is 0 Å². The normalized spacial score (nSPS) is 16.1. The van der Waals surface area contributed by atoms with Crippen molar-refractivity contribution in [2.24, 2.45) is 5.73 Å². The molecule has 1 fully saturated rings. The molecule has 0 saturated heterocycles. The molecule has 1 heterocycles. The van der Waals surface area contributed by atoms with E-state index >= 15 is 0 Å². The van der Waals surface area contributed by atoms with Crippen molar-refractivity contribution in [3.8, 4) is 0 Å². The molecule has 1 aliphatic rings. The lowest BCUT2D eigenvalue weighted by molar-refractivity contribution is 0.542. The quantitative estimate of drug-likeness (QED) is 0.701. The Kier molecular flexibility index (Phi) is 3.19. The third-order valence-corrected chi connectivity index (χ3v) is 2.75. The second-order valence-electron chi connectivity index (χ2n) is 4.13. The lowest BCUT2D eigenvalue weighted by Gasteiger charge is -2.00. The molecule has 0 aliphatic heterocycles. The molecule has 0 aromatic carbocycles. The van der Waals surface area contributed by atoms with Crippen LogP contribution in [0, 0.1) is 0 Å². The van der Waals surface area contributed by atoms with Crippen LogP contribution in [0.5, 0.6) is 0 Å². The number of aryl methyl sites for hydroxylation is 1. The summed E-state index contributed by atoms with van der Waals surface area (Å²) in [5.41, 5.74) is 6.73. The summed E-state index contributed by atoms with van der Waals surface area (Å²) in [7, 11) is 0. The van der Waals surface area contributed by atoms with E-state index in [1.54, 1.807) is 0 Å². The van der Waals surface area contributed by atoms with Gasteiger partial charge in [0.15, 0.2) is 0 Å². The Bertz CT molecular complexity index is 276. The Balaban J connectivity index is 1.72. The van der Waals surface area contributed by atoms with Crippen LogP contribution >= 0.6 is 0 Å². The summed E-state index contributed by atoms with van der Waals surface area (Å²) in [6, 6.07) is 2.17. The van der Waals surface area contributed by atoms with Gasteiger partial charge >= 0.3 is 0 Å². The van der Waals surface area contributed by atoms with Crippen LogP contribution in [-0.4, -0.2) is 16.3 Å². The predicted molar refractivity (Wildman–Crippen MR) is 57.1 cm³/mol. The van der Waals surface area contributed by atoms with Gasteiger partial charge in [-0.3, -0.25) is 4.68 Å². The Morgan fingerprint density at radius 2 is 2.21 bits per heavy atom. The number of unbranched alkanes of at least 4 members (excludes halogenated alkanes) is 2. The smallest absolute Gasteiger partial charge is 0.0655 e. The van der Waals surface area contributed by atoms with E-state index in [1.165, 1.54) is 31.4 Å². The first-order valence-electron chi connectivity index (χ1n) is 5.63. The lowest BCUT2D eigenvalue weighted by atomic mass is 10.2.